The van der Waals surface area contributed by atoms with Gasteiger partial charge in [-0.2, -0.15) is 0 Å². The summed E-state index contributed by atoms with van der Waals surface area (Å²) in [5, 5.41) is 7.67. The SMILES string of the molecule is CC(C)(C)[Si](F)(c1cn(CC(=O)O)ccc1=O)C(C)(C)C. The summed E-state index contributed by atoms with van der Waals surface area (Å²) < 4.78 is 17.5. The molecule has 0 saturated heterocycles. The maximum Gasteiger partial charge on any atom is 0.323 e. The van der Waals surface area contributed by atoms with Crippen molar-refractivity contribution in [2.45, 2.75) is 58.2 Å². The number of carbonyl (C=O) groups is 1. The standard InChI is InChI=1S/C15H24FNO3Si/c1-14(2,3)21(16,15(4,5)6)12-9-17(10-13(19)20)8-7-11(12)18/h7-9H,10H2,1-6H3,(H,19,20). The van der Waals surface area contributed by atoms with E-state index in [9.17, 15) is 9.59 Å². The van der Waals surface area contributed by atoms with Gasteiger partial charge in [-0.05, 0) is 10.1 Å². The third-order valence-electron chi connectivity index (χ3n) is 3.73. The van der Waals surface area contributed by atoms with Crippen molar-refractivity contribution in [3.63, 3.8) is 0 Å². The van der Waals surface area contributed by atoms with Gasteiger partial charge in [-0.15, -0.1) is 0 Å². The third-order valence-corrected chi connectivity index (χ3v) is 8.99. The van der Waals surface area contributed by atoms with Gasteiger partial charge in [0.2, 0.25) is 0 Å². The van der Waals surface area contributed by atoms with E-state index in [4.69, 9.17) is 5.11 Å². The zero-order valence-corrected chi connectivity index (χ0v) is 14.5. The molecule has 1 N–H and O–H groups in total. The Morgan fingerprint density at radius 3 is 2.10 bits per heavy atom. The quantitative estimate of drug-likeness (QED) is 0.689. The topological polar surface area (TPSA) is 59.3 Å². The minimum absolute atomic E-state index is 0.145. The van der Waals surface area contributed by atoms with Crippen LogP contribution in [0.3, 0.4) is 0 Å². The Balaban J connectivity index is 3.60. The monoisotopic (exact) mass is 313 g/mol. The van der Waals surface area contributed by atoms with Crippen LogP contribution in [0.1, 0.15) is 41.5 Å². The van der Waals surface area contributed by atoms with Crippen molar-refractivity contribution in [2.24, 2.45) is 0 Å². The van der Waals surface area contributed by atoms with Crippen molar-refractivity contribution in [1.29, 1.82) is 0 Å². The van der Waals surface area contributed by atoms with Gasteiger partial charge in [-0.1, -0.05) is 41.5 Å². The van der Waals surface area contributed by atoms with E-state index >= 15 is 4.11 Å². The first-order chi connectivity index (χ1) is 9.30. The molecule has 0 spiro atoms. The predicted octanol–water partition coefficient (Wildman–Crippen LogP) is 2.66. The summed E-state index contributed by atoms with van der Waals surface area (Å²) in [6, 6.07) is 1.26. The van der Waals surface area contributed by atoms with Crippen LogP contribution in [0.2, 0.25) is 10.1 Å². The molecular weight excluding hydrogens is 289 g/mol. The van der Waals surface area contributed by atoms with Crippen molar-refractivity contribution in [3.8, 4) is 0 Å². The number of hydrogen-bond donors (Lipinski definition) is 1. The molecule has 0 aliphatic heterocycles. The number of aromatic nitrogens is 1. The zero-order chi connectivity index (χ0) is 16.6. The first kappa shape index (κ1) is 17.6. The van der Waals surface area contributed by atoms with E-state index < -0.39 is 24.5 Å². The van der Waals surface area contributed by atoms with Crippen LogP contribution in [0.15, 0.2) is 23.3 Å². The Bertz CT molecular complexity index is 582. The number of halogens is 1. The molecule has 0 fully saturated rings. The number of rotatable bonds is 3. The molecule has 0 aliphatic carbocycles. The second-order valence-corrected chi connectivity index (χ2v) is 12.3. The second-order valence-electron chi connectivity index (χ2n) is 7.45. The van der Waals surface area contributed by atoms with Crippen molar-refractivity contribution in [1.82, 2.24) is 4.57 Å². The molecule has 21 heavy (non-hydrogen) atoms. The van der Waals surface area contributed by atoms with Crippen LogP contribution >= 0.6 is 0 Å². The number of aliphatic carboxylic acids is 1. The highest BCUT2D eigenvalue weighted by atomic mass is 28.4. The Morgan fingerprint density at radius 2 is 1.71 bits per heavy atom. The number of hydrogen-bond acceptors (Lipinski definition) is 2. The van der Waals surface area contributed by atoms with Gasteiger partial charge in [0.15, 0.2) is 5.43 Å². The molecule has 6 heteroatoms. The lowest BCUT2D eigenvalue weighted by atomic mass is 10.2. The molecule has 1 aromatic rings. The van der Waals surface area contributed by atoms with Crippen molar-refractivity contribution >= 4 is 19.6 Å². The van der Waals surface area contributed by atoms with E-state index in [-0.39, 0.29) is 17.2 Å². The van der Waals surface area contributed by atoms with Gasteiger partial charge in [-0.3, -0.25) is 9.59 Å². The number of nitrogens with zero attached hydrogens (tertiary/aromatic N) is 1. The highest BCUT2D eigenvalue weighted by Crippen LogP contribution is 2.50. The molecule has 1 rings (SSSR count). The smallest absolute Gasteiger partial charge is 0.323 e. The summed E-state index contributed by atoms with van der Waals surface area (Å²) in [5.41, 5.74) is -0.351. The lowest BCUT2D eigenvalue weighted by Crippen LogP contribution is -2.62. The fourth-order valence-electron chi connectivity index (χ4n) is 2.97. The lowest BCUT2D eigenvalue weighted by Gasteiger charge is -2.44. The van der Waals surface area contributed by atoms with Gasteiger partial charge in [0.25, 0.3) is 8.41 Å². The third kappa shape index (κ3) is 3.26. The molecule has 0 bridgehead atoms. The number of pyridine rings is 1. The average molecular weight is 313 g/mol. The number of carboxylic acid groups (broad SMARTS) is 1. The maximum atomic E-state index is 16.1. The highest BCUT2D eigenvalue weighted by molar-refractivity contribution is 6.90. The van der Waals surface area contributed by atoms with E-state index in [0.29, 0.717) is 0 Å². The van der Waals surface area contributed by atoms with Crippen LogP contribution in [0.4, 0.5) is 4.11 Å². The van der Waals surface area contributed by atoms with Crippen molar-refractivity contribution in [3.05, 3.63) is 28.7 Å². The molecule has 4 nitrogen and oxygen atoms in total. The van der Waals surface area contributed by atoms with Gasteiger partial charge in [0.1, 0.15) is 6.54 Å². The summed E-state index contributed by atoms with van der Waals surface area (Å²) in [4.78, 5) is 23.1. The highest BCUT2D eigenvalue weighted by Gasteiger charge is 2.58. The largest absolute Gasteiger partial charge is 0.480 e. The Kier molecular flexibility index (Phi) is 4.53. The summed E-state index contributed by atoms with van der Waals surface area (Å²) in [7, 11) is -3.68. The van der Waals surface area contributed by atoms with E-state index in [0.717, 1.165) is 0 Å². The molecule has 1 aromatic heterocycles. The Labute approximate surface area is 125 Å². The average Bonchev–Trinajstić information content (AvgIpc) is 2.27. The molecule has 0 radical (unpaired) electrons. The normalized spacial score (nSPS) is 13.3. The molecule has 0 amide bonds. The summed E-state index contributed by atoms with van der Waals surface area (Å²) in [5.74, 6) is -1.03. The molecule has 0 unspecified atom stereocenters. The minimum Gasteiger partial charge on any atom is -0.480 e. The van der Waals surface area contributed by atoms with E-state index in [2.05, 4.69) is 0 Å². The van der Waals surface area contributed by atoms with Crippen molar-refractivity contribution in [2.75, 3.05) is 0 Å². The molecule has 1 heterocycles. The Morgan fingerprint density at radius 1 is 1.24 bits per heavy atom. The molecule has 0 aliphatic rings. The van der Waals surface area contributed by atoms with E-state index in [1.54, 1.807) is 41.5 Å². The minimum atomic E-state index is -3.68. The van der Waals surface area contributed by atoms with Crippen LogP contribution in [-0.2, 0) is 11.3 Å². The van der Waals surface area contributed by atoms with E-state index in [1.807, 2.05) is 0 Å². The zero-order valence-electron chi connectivity index (χ0n) is 13.5. The molecule has 0 aromatic carbocycles. The van der Waals surface area contributed by atoms with Crippen LogP contribution in [0.25, 0.3) is 0 Å². The van der Waals surface area contributed by atoms with Gasteiger partial charge < -0.3 is 13.8 Å². The van der Waals surface area contributed by atoms with Gasteiger partial charge in [0.05, 0.1) is 0 Å². The van der Waals surface area contributed by atoms with Crippen LogP contribution in [-0.4, -0.2) is 24.1 Å². The fourth-order valence-corrected chi connectivity index (χ4v) is 7.60. The van der Waals surface area contributed by atoms with Crippen LogP contribution in [0, 0.1) is 0 Å². The first-order valence-electron chi connectivity index (χ1n) is 6.92. The molecule has 118 valence electrons. The lowest BCUT2D eigenvalue weighted by molar-refractivity contribution is -0.137. The molecule has 0 atom stereocenters. The number of carboxylic acids is 1. The summed E-state index contributed by atoms with van der Waals surface area (Å²) in [6.07, 6.45) is 2.78. The molecular formula is C15H24FNO3Si. The molecule has 0 saturated carbocycles. The maximum absolute atomic E-state index is 16.1. The Hall–Kier alpha value is -1.43. The predicted molar refractivity (Wildman–Crippen MR) is 84.3 cm³/mol. The van der Waals surface area contributed by atoms with Gasteiger partial charge >= 0.3 is 5.97 Å². The van der Waals surface area contributed by atoms with Crippen molar-refractivity contribution < 1.29 is 14.0 Å². The fraction of sp³-hybridized carbons (Fsp3) is 0.600. The van der Waals surface area contributed by atoms with Gasteiger partial charge in [-0.25, -0.2) is 0 Å². The van der Waals surface area contributed by atoms with Gasteiger partial charge in [0, 0.05) is 23.6 Å². The van der Waals surface area contributed by atoms with Crippen LogP contribution in [0.5, 0.6) is 0 Å². The summed E-state index contributed by atoms with van der Waals surface area (Å²) in [6.45, 7) is 10.5. The van der Waals surface area contributed by atoms with Crippen LogP contribution < -0.4 is 10.6 Å². The second kappa shape index (κ2) is 5.40. The first-order valence-corrected chi connectivity index (χ1v) is 8.80. The van der Waals surface area contributed by atoms with E-state index in [1.165, 1.54) is 23.0 Å². The summed E-state index contributed by atoms with van der Waals surface area (Å²) >= 11 is 0.